The molecule has 2 amide bonds. The maximum Gasteiger partial charge on any atom is 0.317 e. The summed E-state index contributed by atoms with van der Waals surface area (Å²) in [6.45, 7) is 4.78. The molecule has 0 bridgehead atoms. The van der Waals surface area contributed by atoms with E-state index in [9.17, 15) is 14.4 Å². The van der Waals surface area contributed by atoms with Crippen molar-refractivity contribution >= 4 is 17.8 Å². The average molecular weight is 346 g/mol. The standard InChI is InChI=1S/C19H26N2O4/c1-3-11-20-17(23)14-25-18(24)19(16-7-5-4-6-8-16)9-12-21(13-10-19)15(2)22/h4-8H,3,9-14H2,1-2H3,(H,20,23). The average Bonchev–Trinajstić information content (AvgIpc) is 2.65. The zero-order chi connectivity index (χ0) is 18.3. The van der Waals surface area contributed by atoms with Crippen molar-refractivity contribution in [1.82, 2.24) is 10.2 Å². The summed E-state index contributed by atoms with van der Waals surface area (Å²) in [4.78, 5) is 37.9. The van der Waals surface area contributed by atoms with Crippen LogP contribution in [-0.4, -0.2) is 48.9 Å². The number of ether oxygens (including phenoxy) is 1. The molecule has 0 aromatic heterocycles. The molecule has 0 atom stereocenters. The molecule has 0 unspecified atom stereocenters. The highest BCUT2D eigenvalue weighted by Gasteiger charge is 2.44. The highest BCUT2D eigenvalue weighted by Crippen LogP contribution is 2.36. The van der Waals surface area contributed by atoms with Gasteiger partial charge in [0.15, 0.2) is 6.61 Å². The largest absolute Gasteiger partial charge is 0.455 e. The first-order valence-electron chi connectivity index (χ1n) is 8.74. The van der Waals surface area contributed by atoms with Crippen LogP contribution in [0.15, 0.2) is 30.3 Å². The Labute approximate surface area is 148 Å². The molecular formula is C19H26N2O4. The van der Waals surface area contributed by atoms with Crippen molar-refractivity contribution in [3.8, 4) is 0 Å². The first-order chi connectivity index (χ1) is 12.0. The van der Waals surface area contributed by atoms with Crippen molar-refractivity contribution in [2.75, 3.05) is 26.2 Å². The predicted molar refractivity (Wildman–Crippen MR) is 93.9 cm³/mol. The van der Waals surface area contributed by atoms with Gasteiger partial charge < -0.3 is 15.0 Å². The van der Waals surface area contributed by atoms with E-state index in [4.69, 9.17) is 4.74 Å². The van der Waals surface area contributed by atoms with Gasteiger partial charge in [-0.15, -0.1) is 0 Å². The summed E-state index contributed by atoms with van der Waals surface area (Å²) in [6.07, 6.45) is 1.81. The molecule has 6 heteroatoms. The highest BCUT2D eigenvalue weighted by atomic mass is 16.5. The number of piperidine rings is 1. The first-order valence-corrected chi connectivity index (χ1v) is 8.74. The van der Waals surface area contributed by atoms with E-state index in [2.05, 4.69) is 5.32 Å². The summed E-state index contributed by atoms with van der Waals surface area (Å²) in [6, 6.07) is 9.47. The fourth-order valence-electron chi connectivity index (χ4n) is 3.16. The SMILES string of the molecule is CCCNC(=O)COC(=O)C1(c2ccccc2)CCN(C(C)=O)CC1. The predicted octanol–water partition coefficient (Wildman–Crippen LogP) is 1.64. The second-order valence-electron chi connectivity index (χ2n) is 6.38. The van der Waals surface area contributed by atoms with E-state index in [0.717, 1.165) is 12.0 Å². The number of nitrogens with zero attached hydrogens (tertiary/aromatic N) is 1. The van der Waals surface area contributed by atoms with Crippen LogP contribution in [0.2, 0.25) is 0 Å². The molecule has 1 fully saturated rings. The summed E-state index contributed by atoms with van der Waals surface area (Å²) < 4.78 is 5.34. The Hall–Kier alpha value is -2.37. The minimum absolute atomic E-state index is 0.00831. The first kappa shape index (κ1) is 19.0. The van der Waals surface area contributed by atoms with Crippen molar-refractivity contribution in [2.24, 2.45) is 0 Å². The van der Waals surface area contributed by atoms with Crippen molar-refractivity contribution < 1.29 is 19.1 Å². The van der Waals surface area contributed by atoms with E-state index < -0.39 is 11.4 Å². The molecule has 0 radical (unpaired) electrons. The number of esters is 1. The number of likely N-dealkylation sites (tertiary alicyclic amines) is 1. The molecule has 1 saturated heterocycles. The summed E-state index contributed by atoms with van der Waals surface area (Å²) in [5, 5.41) is 2.70. The molecule has 1 aromatic carbocycles. The van der Waals surface area contributed by atoms with Crippen LogP contribution in [0.4, 0.5) is 0 Å². The second-order valence-corrected chi connectivity index (χ2v) is 6.38. The second kappa shape index (κ2) is 8.65. The van der Waals surface area contributed by atoms with Crippen molar-refractivity contribution in [1.29, 1.82) is 0 Å². The molecule has 1 aliphatic rings. The molecular weight excluding hydrogens is 320 g/mol. The van der Waals surface area contributed by atoms with E-state index in [1.54, 1.807) is 4.90 Å². The lowest BCUT2D eigenvalue weighted by Gasteiger charge is -2.40. The smallest absolute Gasteiger partial charge is 0.317 e. The van der Waals surface area contributed by atoms with Gasteiger partial charge in [0.1, 0.15) is 0 Å². The van der Waals surface area contributed by atoms with Gasteiger partial charge in [0.25, 0.3) is 5.91 Å². The van der Waals surface area contributed by atoms with Crippen LogP contribution in [0.25, 0.3) is 0 Å². The van der Waals surface area contributed by atoms with Gasteiger partial charge in [0.05, 0.1) is 5.41 Å². The molecule has 6 nitrogen and oxygen atoms in total. The van der Waals surface area contributed by atoms with Crippen LogP contribution in [0.5, 0.6) is 0 Å². The molecule has 1 aliphatic heterocycles. The number of amides is 2. The molecule has 1 aromatic rings. The van der Waals surface area contributed by atoms with E-state index >= 15 is 0 Å². The third kappa shape index (κ3) is 4.59. The van der Waals surface area contributed by atoms with Crippen LogP contribution in [-0.2, 0) is 24.5 Å². The third-order valence-electron chi connectivity index (χ3n) is 4.69. The molecule has 1 N–H and O–H groups in total. The molecule has 25 heavy (non-hydrogen) atoms. The van der Waals surface area contributed by atoms with Gasteiger partial charge in [-0.3, -0.25) is 14.4 Å². The Morgan fingerprint density at radius 1 is 1.16 bits per heavy atom. The number of hydrogen-bond acceptors (Lipinski definition) is 4. The van der Waals surface area contributed by atoms with E-state index in [1.165, 1.54) is 6.92 Å². The Morgan fingerprint density at radius 3 is 2.36 bits per heavy atom. The highest BCUT2D eigenvalue weighted by molar-refractivity contribution is 5.87. The van der Waals surface area contributed by atoms with E-state index in [0.29, 0.717) is 32.5 Å². The van der Waals surface area contributed by atoms with Gasteiger partial charge in [-0.05, 0) is 24.8 Å². The molecule has 0 spiro atoms. The Morgan fingerprint density at radius 2 is 1.80 bits per heavy atom. The Kier molecular flexibility index (Phi) is 6.56. The monoisotopic (exact) mass is 346 g/mol. The van der Waals surface area contributed by atoms with Crippen LogP contribution >= 0.6 is 0 Å². The number of carbonyl (C=O) groups excluding carboxylic acids is 3. The number of nitrogens with one attached hydrogen (secondary N) is 1. The molecule has 0 saturated carbocycles. The lowest BCUT2D eigenvalue weighted by atomic mass is 9.72. The molecule has 136 valence electrons. The fourth-order valence-corrected chi connectivity index (χ4v) is 3.16. The van der Waals surface area contributed by atoms with Gasteiger partial charge in [-0.2, -0.15) is 0 Å². The van der Waals surface area contributed by atoms with Gasteiger partial charge in [-0.1, -0.05) is 37.3 Å². The summed E-state index contributed by atoms with van der Waals surface area (Å²) >= 11 is 0. The van der Waals surface area contributed by atoms with Gasteiger partial charge >= 0.3 is 5.97 Å². The lowest BCUT2D eigenvalue weighted by molar-refractivity contribution is -0.157. The summed E-state index contributed by atoms with van der Waals surface area (Å²) in [7, 11) is 0. The van der Waals surface area contributed by atoms with Crippen LogP contribution < -0.4 is 5.32 Å². The maximum atomic E-state index is 12.9. The summed E-state index contributed by atoms with van der Waals surface area (Å²) in [5.41, 5.74) is 0.0651. The maximum absolute atomic E-state index is 12.9. The van der Waals surface area contributed by atoms with Crippen molar-refractivity contribution in [2.45, 2.75) is 38.5 Å². The molecule has 2 rings (SSSR count). The number of benzene rings is 1. The van der Waals surface area contributed by atoms with Gasteiger partial charge in [0.2, 0.25) is 5.91 Å². The minimum atomic E-state index is -0.807. The molecule has 1 heterocycles. The van der Waals surface area contributed by atoms with Crippen molar-refractivity contribution in [3.05, 3.63) is 35.9 Å². The van der Waals surface area contributed by atoms with Crippen LogP contribution in [0.3, 0.4) is 0 Å². The zero-order valence-electron chi connectivity index (χ0n) is 14.9. The molecule has 0 aliphatic carbocycles. The quantitative estimate of drug-likeness (QED) is 0.795. The van der Waals surface area contributed by atoms with Gasteiger partial charge in [0, 0.05) is 26.6 Å². The normalized spacial score (nSPS) is 16.2. The van der Waals surface area contributed by atoms with Crippen molar-refractivity contribution in [3.63, 3.8) is 0 Å². The number of rotatable bonds is 6. The van der Waals surface area contributed by atoms with Gasteiger partial charge in [-0.25, -0.2) is 0 Å². The third-order valence-corrected chi connectivity index (χ3v) is 4.69. The number of hydrogen-bond donors (Lipinski definition) is 1. The number of carbonyl (C=O) groups is 3. The Balaban J connectivity index is 2.12. The topological polar surface area (TPSA) is 75.7 Å². The Bertz CT molecular complexity index is 607. The van der Waals surface area contributed by atoms with Crippen LogP contribution in [0.1, 0.15) is 38.7 Å². The van der Waals surface area contributed by atoms with E-state index in [1.807, 2.05) is 37.3 Å². The fraction of sp³-hybridized carbons (Fsp3) is 0.526. The minimum Gasteiger partial charge on any atom is -0.455 e. The van der Waals surface area contributed by atoms with Crippen LogP contribution in [0, 0.1) is 0 Å². The zero-order valence-corrected chi connectivity index (χ0v) is 14.9. The summed E-state index contributed by atoms with van der Waals surface area (Å²) in [5.74, 6) is -0.679. The van der Waals surface area contributed by atoms with E-state index in [-0.39, 0.29) is 18.4 Å². The lowest BCUT2D eigenvalue weighted by Crippen LogP contribution is -2.49.